The van der Waals surface area contributed by atoms with E-state index in [9.17, 15) is 13.6 Å². The first-order valence-corrected chi connectivity index (χ1v) is 6.30. The predicted molar refractivity (Wildman–Crippen MR) is 66.6 cm³/mol. The van der Waals surface area contributed by atoms with Crippen LogP contribution in [0.1, 0.15) is 24.2 Å². The largest absolute Gasteiger partial charge is 0.315 e. The molecule has 1 aromatic carbocycles. The average molecular weight is 270 g/mol. The zero-order valence-electron chi connectivity index (χ0n) is 9.67. The van der Waals surface area contributed by atoms with Gasteiger partial charge in [-0.05, 0) is 19.1 Å². The first kappa shape index (κ1) is 12.9. The van der Waals surface area contributed by atoms with Crippen LogP contribution in [-0.4, -0.2) is 4.98 Å². The number of H-pyrrole nitrogens is 1. The zero-order chi connectivity index (χ0) is 13.1. The molecular formula is C12H12F2N2OS. The second-order valence-corrected chi connectivity index (χ2v) is 4.75. The summed E-state index contributed by atoms with van der Waals surface area (Å²) < 4.78 is 27.0. The Morgan fingerprint density at radius 3 is 2.61 bits per heavy atom. The molecule has 2 rings (SSSR count). The Hall–Kier alpha value is -1.53. The highest BCUT2D eigenvalue weighted by Gasteiger charge is 2.15. The maximum Gasteiger partial charge on any atom is 0.304 e. The summed E-state index contributed by atoms with van der Waals surface area (Å²) in [6.07, 6.45) is 0. The first-order valence-electron chi connectivity index (χ1n) is 5.42. The number of halogens is 2. The molecule has 0 saturated heterocycles. The number of nitrogens with one attached hydrogen (secondary N) is 2. The van der Waals surface area contributed by atoms with E-state index in [1.807, 2.05) is 0 Å². The molecule has 0 aliphatic carbocycles. The fraction of sp³-hybridized carbons (Fsp3) is 0.250. The summed E-state index contributed by atoms with van der Waals surface area (Å²) in [7, 11) is 0. The third-order valence-corrected chi connectivity index (χ3v) is 3.32. The van der Waals surface area contributed by atoms with E-state index in [1.54, 1.807) is 12.3 Å². The van der Waals surface area contributed by atoms with Crippen molar-refractivity contribution in [2.24, 2.45) is 0 Å². The fourth-order valence-electron chi connectivity index (χ4n) is 1.69. The van der Waals surface area contributed by atoms with Crippen molar-refractivity contribution >= 4 is 11.3 Å². The lowest BCUT2D eigenvalue weighted by Gasteiger charge is -2.15. The van der Waals surface area contributed by atoms with Crippen LogP contribution >= 0.6 is 11.3 Å². The van der Waals surface area contributed by atoms with Crippen molar-refractivity contribution in [2.45, 2.75) is 19.5 Å². The van der Waals surface area contributed by atoms with Crippen molar-refractivity contribution in [1.29, 1.82) is 0 Å². The molecule has 0 radical (unpaired) electrons. The molecule has 0 aliphatic rings. The van der Waals surface area contributed by atoms with Crippen LogP contribution in [0.15, 0.2) is 28.4 Å². The van der Waals surface area contributed by atoms with Crippen LogP contribution in [0.4, 0.5) is 8.78 Å². The van der Waals surface area contributed by atoms with Crippen molar-refractivity contribution in [3.05, 3.63) is 56.1 Å². The molecule has 1 atom stereocenters. The number of hydrogen-bond acceptors (Lipinski definition) is 3. The molecule has 96 valence electrons. The molecule has 0 amide bonds. The highest BCUT2D eigenvalue weighted by atomic mass is 32.1. The lowest BCUT2D eigenvalue weighted by molar-refractivity contribution is 0.485. The zero-order valence-corrected chi connectivity index (χ0v) is 10.5. The van der Waals surface area contributed by atoms with E-state index in [4.69, 9.17) is 0 Å². The van der Waals surface area contributed by atoms with E-state index in [2.05, 4.69) is 10.3 Å². The molecule has 1 aromatic heterocycles. The molecule has 6 heteroatoms. The van der Waals surface area contributed by atoms with Crippen LogP contribution in [0.25, 0.3) is 0 Å². The Morgan fingerprint density at radius 2 is 2.06 bits per heavy atom. The third kappa shape index (κ3) is 2.83. The van der Waals surface area contributed by atoms with Gasteiger partial charge in [0.25, 0.3) is 0 Å². The summed E-state index contributed by atoms with van der Waals surface area (Å²) in [5.41, 5.74) is 0.712. The van der Waals surface area contributed by atoms with Gasteiger partial charge in [0.1, 0.15) is 11.6 Å². The topological polar surface area (TPSA) is 44.9 Å². The summed E-state index contributed by atoms with van der Waals surface area (Å²) in [5, 5.41) is 4.65. The van der Waals surface area contributed by atoms with Crippen LogP contribution in [0, 0.1) is 11.6 Å². The minimum Gasteiger partial charge on any atom is -0.315 e. The van der Waals surface area contributed by atoms with Crippen LogP contribution in [0.5, 0.6) is 0 Å². The quantitative estimate of drug-likeness (QED) is 0.897. The van der Waals surface area contributed by atoms with Crippen molar-refractivity contribution < 1.29 is 8.78 Å². The number of benzene rings is 1. The summed E-state index contributed by atoms with van der Waals surface area (Å²) >= 11 is 1.06. The molecule has 2 N–H and O–H groups in total. The van der Waals surface area contributed by atoms with Crippen LogP contribution in [-0.2, 0) is 6.54 Å². The van der Waals surface area contributed by atoms with E-state index < -0.39 is 17.7 Å². The second-order valence-electron chi connectivity index (χ2n) is 3.91. The molecule has 0 spiro atoms. The van der Waals surface area contributed by atoms with Gasteiger partial charge < -0.3 is 10.3 Å². The maximum absolute atomic E-state index is 13.5. The summed E-state index contributed by atoms with van der Waals surface area (Å²) in [6.45, 7) is 2.03. The molecule has 0 bridgehead atoms. The molecule has 1 heterocycles. The van der Waals surface area contributed by atoms with Crippen molar-refractivity contribution in [1.82, 2.24) is 10.3 Å². The number of aromatic nitrogens is 1. The Morgan fingerprint density at radius 1 is 1.39 bits per heavy atom. The molecule has 18 heavy (non-hydrogen) atoms. The van der Waals surface area contributed by atoms with Gasteiger partial charge in [0.15, 0.2) is 0 Å². The highest BCUT2D eigenvalue weighted by molar-refractivity contribution is 7.07. The van der Waals surface area contributed by atoms with Gasteiger partial charge >= 0.3 is 4.87 Å². The number of thiazole rings is 1. The Kier molecular flexibility index (Phi) is 3.88. The minimum absolute atomic E-state index is 0.00933. The Bertz CT molecular complexity index is 574. The molecule has 0 fully saturated rings. The molecular weight excluding hydrogens is 258 g/mol. The molecule has 0 aliphatic heterocycles. The molecule has 2 aromatic rings. The van der Waals surface area contributed by atoms with Gasteiger partial charge in [0.2, 0.25) is 0 Å². The predicted octanol–water partition coefficient (Wildman–Crippen LogP) is 2.57. The summed E-state index contributed by atoms with van der Waals surface area (Å²) in [4.78, 5) is 13.4. The van der Waals surface area contributed by atoms with Gasteiger partial charge in [0, 0.05) is 29.2 Å². The average Bonchev–Trinajstić information content (AvgIpc) is 2.72. The number of rotatable bonds is 4. The molecule has 1 unspecified atom stereocenters. The fourth-order valence-corrected chi connectivity index (χ4v) is 2.27. The lowest BCUT2D eigenvalue weighted by atomic mass is 10.1. The van der Waals surface area contributed by atoms with Gasteiger partial charge in [-0.15, -0.1) is 0 Å². The van der Waals surface area contributed by atoms with E-state index in [0.717, 1.165) is 11.3 Å². The van der Waals surface area contributed by atoms with Gasteiger partial charge in [-0.1, -0.05) is 17.4 Å². The van der Waals surface area contributed by atoms with Crippen molar-refractivity contribution in [3.63, 3.8) is 0 Å². The second kappa shape index (κ2) is 5.41. The van der Waals surface area contributed by atoms with Crippen LogP contribution in [0.3, 0.4) is 0 Å². The smallest absolute Gasteiger partial charge is 0.304 e. The standard InChI is InChI=1S/C12H12F2N2OS/c1-7(11-9(13)3-2-4-10(11)14)15-5-8-6-18-12(17)16-8/h2-4,6-7,15H,5H2,1H3,(H,16,17). The first-order chi connectivity index (χ1) is 8.58. The van der Waals surface area contributed by atoms with Crippen LogP contribution < -0.4 is 10.2 Å². The normalized spacial score (nSPS) is 12.6. The number of hydrogen-bond donors (Lipinski definition) is 2. The molecule has 0 saturated carbocycles. The lowest BCUT2D eigenvalue weighted by Crippen LogP contribution is -2.21. The van der Waals surface area contributed by atoms with E-state index in [-0.39, 0.29) is 10.4 Å². The van der Waals surface area contributed by atoms with E-state index in [0.29, 0.717) is 12.2 Å². The number of aromatic amines is 1. The summed E-state index contributed by atoms with van der Waals surface area (Å²) in [5.74, 6) is -1.15. The summed E-state index contributed by atoms with van der Waals surface area (Å²) in [6, 6.07) is 3.30. The van der Waals surface area contributed by atoms with E-state index in [1.165, 1.54) is 18.2 Å². The highest BCUT2D eigenvalue weighted by Crippen LogP contribution is 2.20. The monoisotopic (exact) mass is 270 g/mol. The Labute approximate surface area is 106 Å². The van der Waals surface area contributed by atoms with Crippen LogP contribution in [0.2, 0.25) is 0 Å². The third-order valence-electron chi connectivity index (χ3n) is 2.60. The minimum atomic E-state index is -0.575. The van der Waals surface area contributed by atoms with Crippen molar-refractivity contribution in [2.75, 3.05) is 0 Å². The van der Waals surface area contributed by atoms with Gasteiger partial charge in [-0.25, -0.2) is 8.78 Å². The maximum atomic E-state index is 13.5. The van der Waals surface area contributed by atoms with Crippen molar-refractivity contribution in [3.8, 4) is 0 Å². The van der Waals surface area contributed by atoms with E-state index >= 15 is 0 Å². The van der Waals surface area contributed by atoms with Gasteiger partial charge in [-0.3, -0.25) is 4.79 Å². The van der Waals surface area contributed by atoms with Gasteiger partial charge in [-0.2, -0.15) is 0 Å². The Balaban J connectivity index is 2.08. The molecule has 3 nitrogen and oxygen atoms in total. The SMILES string of the molecule is CC(NCc1csc(=O)[nH]1)c1c(F)cccc1F. The van der Waals surface area contributed by atoms with Gasteiger partial charge in [0.05, 0.1) is 0 Å².